The Morgan fingerprint density at radius 1 is 1.64 bits per heavy atom. The van der Waals surface area contributed by atoms with Crippen molar-refractivity contribution in [2.24, 2.45) is 11.7 Å². The topological polar surface area (TPSA) is 66.6 Å². The molecule has 1 amide bonds. The van der Waals surface area contributed by atoms with Gasteiger partial charge in [-0.3, -0.25) is 10.0 Å². The molecule has 4 heteroatoms. The molecule has 0 atom stereocenters. The van der Waals surface area contributed by atoms with E-state index in [1.54, 1.807) is 13.8 Å². The third-order valence-electron chi connectivity index (χ3n) is 1.32. The Kier molecular flexibility index (Phi) is 4.81. The lowest BCUT2D eigenvalue weighted by atomic mass is 10.2. The maximum Gasteiger partial charge on any atom is 0.248 e. The first-order chi connectivity index (χ1) is 5.09. The van der Waals surface area contributed by atoms with E-state index in [-0.39, 0.29) is 11.8 Å². The minimum Gasteiger partial charge on any atom is -0.330 e. The molecule has 0 aliphatic rings. The molecule has 0 saturated heterocycles. The number of carbonyl (C=O) groups is 1. The molecule has 0 rings (SSSR count). The molecule has 0 aromatic rings. The average molecular weight is 160 g/mol. The average Bonchev–Trinajstić information content (AvgIpc) is 1.98. The van der Waals surface area contributed by atoms with Gasteiger partial charge < -0.3 is 5.73 Å². The van der Waals surface area contributed by atoms with Crippen molar-refractivity contribution in [3.8, 4) is 0 Å². The number of carbonyl (C=O) groups excluding carboxylic acids is 1. The summed E-state index contributed by atoms with van der Waals surface area (Å²) in [6.45, 7) is 4.30. The van der Waals surface area contributed by atoms with Gasteiger partial charge in [0.2, 0.25) is 5.91 Å². The smallest absolute Gasteiger partial charge is 0.248 e. The summed E-state index contributed by atoms with van der Waals surface area (Å²) in [5.41, 5.74) is 5.20. The van der Waals surface area contributed by atoms with Gasteiger partial charge >= 0.3 is 0 Å². The zero-order valence-electron chi connectivity index (χ0n) is 7.08. The first kappa shape index (κ1) is 10.4. The summed E-state index contributed by atoms with van der Waals surface area (Å²) in [7, 11) is 0. The molecule has 0 heterocycles. The number of nitrogens with zero attached hydrogens (tertiary/aromatic N) is 1. The minimum atomic E-state index is -0.251. The predicted octanol–water partition coefficient (Wildman–Crippen LogP) is 0.209. The maximum absolute atomic E-state index is 11.0. The van der Waals surface area contributed by atoms with Gasteiger partial charge in [0.05, 0.1) is 0 Å². The Hall–Kier alpha value is -0.610. The quantitative estimate of drug-likeness (QED) is 0.456. The molecule has 4 nitrogen and oxygen atoms in total. The van der Waals surface area contributed by atoms with E-state index in [1.165, 1.54) is 0 Å². The second-order valence-corrected chi connectivity index (χ2v) is 2.76. The summed E-state index contributed by atoms with van der Waals surface area (Å²) < 4.78 is 0. The van der Waals surface area contributed by atoms with Gasteiger partial charge in [-0.05, 0) is 13.0 Å². The lowest BCUT2D eigenvalue weighted by molar-refractivity contribution is -0.169. The van der Waals surface area contributed by atoms with Gasteiger partial charge in [0.15, 0.2) is 0 Å². The molecular formula is C7H16N2O2. The first-order valence-electron chi connectivity index (χ1n) is 3.80. The van der Waals surface area contributed by atoms with Crippen LogP contribution in [0, 0.1) is 5.92 Å². The van der Waals surface area contributed by atoms with Crippen LogP contribution in [0.5, 0.6) is 0 Å². The van der Waals surface area contributed by atoms with Gasteiger partial charge in [0.1, 0.15) is 0 Å². The molecule has 0 aliphatic heterocycles. The van der Waals surface area contributed by atoms with Crippen LogP contribution in [-0.4, -0.2) is 29.3 Å². The fourth-order valence-electron chi connectivity index (χ4n) is 0.649. The van der Waals surface area contributed by atoms with Crippen molar-refractivity contribution in [2.75, 3.05) is 13.1 Å². The van der Waals surface area contributed by atoms with Crippen molar-refractivity contribution in [3.05, 3.63) is 0 Å². The van der Waals surface area contributed by atoms with Gasteiger partial charge in [-0.25, -0.2) is 5.06 Å². The summed E-state index contributed by atoms with van der Waals surface area (Å²) in [5, 5.41) is 9.78. The van der Waals surface area contributed by atoms with E-state index in [1.807, 2.05) is 0 Å². The molecule has 0 radical (unpaired) electrons. The molecule has 0 fully saturated rings. The van der Waals surface area contributed by atoms with Crippen LogP contribution in [0.4, 0.5) is 0 Å². The Bertz CT molecular complexity index is 126. The second-order valence-electron chi connectivity index (χ2n) is 2.76. The monoisotopic (exact) mass is 160 g/mol. The molecule has 0 saturated carbocycles. The van der Waals surface area contributed by atoms with Crippen LogP contribution in [0.3, 0.4) is 0 Å². The zero-order chi connectivity index (χ0) is 8.85. The Balaban J connectivity index is 3.64. The summed E-state index contributed by atoms with van der Waals surface area (Å²) >= 11 is 0. The fourth-order valence-corrected chi connectivity index (χ4v) is 0.649. The molecule has 66 valence electrons. The molecule has 0 aromatic heterocycles. The van der Waals surface area contributed by atoms with Gasteiger partial charge in [-0.15, -0.1) is 0 Å². The van der Waals surface area contributed by atoms with Crippen molar-refractivity contribution >= 4 is 5.91 Å². The summed E-state index contributed by atoms with van der Waals surface area (Å²) in [6.07, 6.45) is 0.634. The van der Waals surface area contributed by atoms with Gasteiger partial charge in [0.25, 0.3) is 0 Å². The van der Waals surface area contributed by atoms with Crippen molar-refractivity contribution in [1.82, 2.24) is 5.06 Å². The van der Waals surface area contributed by atoms with E-state index >= 15 is 0 Å². The zero-order valence-corrected chi connectivity index (χ0v) is 7.08. The van der Waals surface area contributed by atoms with E-state index in [0.29, 0.717) is 19.5 Å². The molecule has 0 spiro atoms. The highest BCUT2D eigenvalue weighted by molar-refractivity contribution is 5.76. The highest BCUT2D eigenvalue weighted by atomic mass is 16.5. The molecule has 11 heavy (non-hydrogen) atoms. The van der Waals surface area contributed by atoms with Crippen LogP contribution < -0.4 is 5.73 Å². The van der Waals surface area contributed by atoms with E-state index < -0.39 is 0 Å². The number of hydrogen-bond acceptors (Lipinski definition) is 3. The SMILES string of the molecule is CC(C)C(=O)N(O)CCCN. The van der Waals surface area contributed by atoms with Crippen molar-refractivity contribution in [2.45, 2.75) is 20.3 Å². The summed E-state index contributed by atoms with van der Waals surface area (Å²) in [5.74, 6) is -0.406. The highest BCUT2D eigenvalue weighted by Gasteiger charge is 2.13. The molecular weight excluding hydrogens is 144 g/mol. The van der Waals surface area contributed by atoms with E-state index in [9.17, 15) is 4.79 Å². The Morgan fingerprint density at radius 2 is 2.18 bits per heavy atom. The number of hydrogen-bond donors (Lipinski definition) is 2. The lowest BCUT2D eigenvalue weighted by Gasteiger charge is -2.16. The van der Waals surface area contributed by atoms with Crippen LogP contribution in [0.15, 0.2) is 0 Å². The second kappa shape index (κ2) is 5.09. The van der Waals surface area contributed by atoms with Gasteiger partial charge in [-0.2, -0.15) is 0 Å². The largest absolute Gasteiger partial charge is 0.330 e. The van der Waals surface area contributed by atoms with E-state index in [4.69, 9.17) is 10.9 Å². The molecule has 0 bridgehead atoms. The number of hydroxylamine groups is 2. The maximum atomic E-state index is 11.0. The van der Waals surface area contributed by atoms with E-state index in [2.05, 4.69) is 0 Å². The van der Waals surface area contributed by atoms with Crippen LogP contribution in [-0.2, 0) is 4.79 Å². The van der Waals surface area contributed by atoms with Crippen LogP contribution in [0.2, 0.25) is 0 Å². The van der Waals surface area contributed by atoms with Crippen LogP contribution in [0.25, 0.3) is 0 Å². The van der Waals surface area contributed by atoms with Gasteiger partial charge in [-0.1, -0.05) is 13.8 Å². The predicted molar refractivity (Wildman–Crippen MR) is 42.0 cm³/mol. The molecule has 3 N–H and O–H groups in total. The van der Waals surface area contributed by atoms with E-state index in [0.717, 1.165) is 5.06 Å². The van der Waals surface area contributed by atoms with Crippen molar-refractivity contribution in [3.63, 3.8) is 0 Å². The first-order valence-corrected chi connectivity index (χ1v) is 3.80. The van der Waals surface area contributed by atoms with Crippen LogP contribution >= 0.6 is 0 Å². The van der Waals surface area contributed by atoms with Gasteiger partial charge in [0, 0.05) is 12.5 Å². The molecule has 0 aliphatic carbocycles. The summed E-state index contributed by atoms with van der Waals surface area (Å²) in [6, 6.07) is 0. The Morgan fingerprint density at radius 3 is 2.55 bits per heavy atom. The van der Waals surface area contributed by atoms with Crippen LogP contribution in [0.1, 0.15) is 20.3 Å². The third kappa shape index (κ3) is 3.95. The normalized spacial score (nSPS) is 10.3. The molecule has 0 unspecified atom stereocenters. The lowest BCUT2D eigenvalue weighted by Crippen LogP contribution is -2.32. The number of rotatable bonds is 4. The summed E-state index contributed by atoms with van der Waals surface area (Å²) in [4.78, 5) is 11.0. The number of amides is 1. The Labute approximate surface area is 66.9 Å². The number of nitrogens with two attached hydrogens (primary N) is 1. The fraction of sp³-hybridized carbons (Fsp3) is 0.857. The third-order valence-corrected chi connectivity index (χ3v) is 1.32. The standard InChI is InChI=1S/C7H16N2O2/c1-6(2)7(10)9(11)5-3-4-8/h6,11H,3-5,8H2,1-2H3. The molecule has 0 aromatic carbocycles. The minimum absolute atomic E-state index is 0.155. The van der Waals surface area contributed by atoms with Crippen molar-refractivity contribution < 1.29 is 10.0 Å². The highest BCUT2D eigenvalue weighted by Crippen LogP contribution is 1.98. The van der Waals surface area contributed by atoms with Crippen molar-refractivity contribution in [1.29, 1.82) is 0 Å².